The van der Waals surface area contributed by atoms with Crippen molar-refractivity contribution in [2.75, 3.05) is 0 Å². The van der Waals surface area contributed by atoms with Gasteiger partial charge in [0.1, 0.15) is 0 Å². The molecule has 2 heterocycles. The molecule has 0 aliphatic heterocycles. The molecule has 0 amide bonds. The van der Waals surface area contributed by atoms with Gasteiger partial charge in [0.25, 0.3) is 0 Å². The van der Waals surface area contributed by atoms with Crippen LogP contribution in [-0.4, -0.2) is 31.3 Å². The van der Waals surface area contributed by atoms with Gasteiger partial charge >= 0.3 is 11.9 Å². The van der Waals surface area contributed by atoms with Crippen molar-refractivity contribution in [2.45, 2.75) is 79.1 Å². The molecule has 0 aromatic carbocycles. The molecule has 8 nitrogen and oxygen atoms in total. The van der Waals surface area contributed by atoms with Crippen LogP contribution in [0, 0.1) is 10.8 Å². The van der Waals surface area contributed by atoms with Gasteiger partial charge in [0.2, 0.25) is 0 Å². The molecule has 38 heavy (non-hydrogen) atoms. The first-order valence-electron chi connectivity index (χ1n) is 12.5. The maximum atomic E-state index is 13.0. The second kappa shape index (κ2) is 13.4. The highest BCUT2D eigenvalue weighted by Crippen LogP contribution is 2.31. The molecule has 2 atom stereocenters. The van der Waals surface area contributed by atoms with Crippen molar-refractivity contribution in [3.05, 3.63) is 64.2 Å². The maximum absolute atomic E-state index is 13.0. The van der Waals surface area contributed by atoms with Crippen LogP contribution in [0.15, 0.2) is 33.9 Å². The van der Waals surface area contributed by atoms with E-state index in [1.807, 2.05) is 0 Å². The highest BCUT2D eigenvalue weighted by atomic mass is 32.2. The molecule has 0 saturated carbocycles. The molecule has 208 valence electrons. The average Bonchev–Trinajstić information content (AvgIpc) is 2.82. The Kier molecular flexibility index (Phi) is 11.1. The number of rotatable bonds is 14. The molecule has 0 spiro atoms. The average molecular weight is 565 g/mol. The van der Waals surface area contributed by atoms with E-state index < -0.39 is 44.3 Å². The number of carbonyl (C=O) groups is 2. The van der Waals surface area contributed by atoms with E-state index in [1.165, 1.54) is 36.4 Å². The van der Waals surface area contributed by atoms with Gasteiger partial charge < -0.3 is 19.3 Å². The van der Waals surface area contributed by atoms with Gasteiger partial charge in [0.05, 0.1) is 10.8 Å². The summed E-state index contributed by atoms with van der Waals surface area (Å²) in [4.78, 5) is 48.3. The Bertz CT molecular complexity index is 1200. The van der Waals surface area contributed by atoms with Gasteiger partial charge in [-0.15, -0.1) is 0 Å². The Morgan fingerprint density at radius 1 is 0.711 bits per heavy atom. The first kappa shape index (κ1) is 31.6. The van der Waals surface area contributed by atoms with Crippen LogP contribution in [0.25, 0.3) is 12.2 Å². The molecular weight excluding hydrogens is 528 g/mol. The predicted molar refractivity (Wildman–Crippen MR) is 150 cm³/mol. The van der Waals surface area contributed by atoms with E-state index in [0.717, 1.165) is 0 Å². The van der Waals surface area contributed by atoms with Crippen LogP contribution >= 0.6 is 21.5 Å². The SMILES string of the molecule is CC(C)(CCCCc1cc(=O)cc(C=Cc2cc(=O)cc(CCCCC(C)(C)C(=O)O)[s+]2[O-])[s+]1[O-])C(=O)O. The zero-order chi connectivity index (χ0) is 28.7. The molecule has 0 saturated heterocycles. The van der Waals surface area contributed by atoms with Crippen molar-refractivity contribution >= 4 is 45.6 Å². The van der Waals surface area contributed by atoms with E-state index in [4.69, 9.17) is 0 Å². The Hall–Kier alpha value is -2.66. The van der Waals surface area contributed by atoms with Gasteiger partial charge in [-0.1, -0.05) is 12.8 Å². The molecule has 2 aromatic heterocycles. The minimum Gasteiger partial charge on any atom is -0.590 e. The van der Waals surface area contributed by atoms with E-state index in [9.17, 15) is 38.5 Å². The Labute approximate surface area is 228 Å². The summed E-state index contributed by atoms with van der Waals surface area (Å²) in [5, 5.41) is 18.5. The summed E-state index contributed by atoms with van der Waals surface area (Å²) in [5.74, 6) is -1.76. The molecule has 2 aromatic rings. The number of hydrogen-bond donors (Lipinski definition) is 2. The molecule has 2 unspecified atom stereocenters. The van der Waals surface area contributed by atoms with Gasteiger partial charge in [0.15, 0.2) is 30.4 Å². The van der Waals surface area contributed by atoms with Gasteiger partial charge in [-0.2, -0.15) is 0 Å². The summed E-state index contributed by atoms with van der Waals surface area (Å²) >= 11 is 0. The fraction of sp³-hybridized carbons (Fsp3) is 0.500. The van der Waals surface area contributed by atoms with Crippen molar-refractivity contribution in [1.82, 2.24) is 0 Å². The molecule has 0 bridgehead atoms. The summed E-state index contributed by atoms with van der Waals surface area (Å²) in [6.45, 7) is 6.60. The van der Waals surface area contributed by atoms with Gasteiger partial charge in [-0.25, -0.2) is 0 Å². The minimum absolute atomic E-state index is 0.246. The van der Waals surface area contributed by atoms with Gasteiger partial charge in [-0.05, 0) is 74.9 Å². The van der Waals surface area contributed by atoms with Crippen molar-refractivity contribution in [3.63, 3.8) is 0 Å². The van der Waals surface area contributed by atoms with Crippen molar-refractivity contribution in [2.24, 2.45) is 10.8 Å². The summed E-state index contributed by atoms with van der Waals surface area (Å²) in [5.41, 5.74) is -2.34. The van der Waals surface area contributed by atoms with E-state index in [1.54, 1.807) is 27.7 Å². The highest BCUT2D eigenvalue weighted by Gasteiger charge is 2.27. The fourth-order valence-corrected chi connectivity index (χ4v) is 6.40. The third-order valence-electron chi connectivity index (χ3n) is 6.60. The molecule has 0 aliphatic carbocycles. The number of hydrogen-bond acceptors (Lipinski definition) is 6. The molecular formula is C28H36O8S2. The second-order valence-electron chi connectivity index (χ2n) is 10.8. The summed E-state index contributed by atoms with van der Waals surface area (Å²) in [6, 6.07) is 5.17. The summed E-state index contributed by atoms with van der Waals surface area (Å²) in [7, 11) is -3.19. The first-order valence-corrected chi connectivity index (χ1v) is 14.8. The smallest absolute Gasteiger partial charge is 0.309 e. The first-order chi connectivity index (χ1) is 17.6. The maximum Gasteiger partial charge on any atom is 0.309 e. The van der Waals surface area contributed by atoms with Crippen molar-refractivity contribution in [3.8, 4) is 0 Å². The third-order valence-corrected chi connectivity index (χ3v) is 9.56. The van der Waals surface area contributed by atoms with E-state index in [0.29, 0.717) is 61.1 Å². The van der Waals surface area contributed by atoms with Crippen LogP contribution in [0.2, 0.25) is 0 Å². The lowest BCUT2D eigenvalue weighted by molar-refractivity contribution is -0.148. The zero-order valence-corrected chi connectivity index (χ0v) is 23.9. The lowest BCUT2D eigenvalue weighted by atomic mass is 9.87. The Morgan fingerprint density at radius 3 is 1.37 bits per heavy atom. The van der Waals surface area contributed by atoms with Gasteiger partial charge in [0, 0.05) is 49.3 Å². The standard InChI is InChI=1S/C28H36O8S2/c1-27(2,25(31)32)13-7-5-9-21-15-19(29)17-23(37(21)35)11-12-24-18-20(30)16-22(38(24)36)10-6-8-14-28(3,4)26(33)34/h11-12,15-18H,5-10,13-14H2,1-4H3,(H,31,32)(H,33,34). The van der Waals surface area contributed by atoms with Crippen LogP contribution in [-0.2, 0) is 22.4 Å². The van der Waals surface area contributed by atoms with Crippen LogP contribution in [0.1, 0.15) is 85.7 Å². The molecule has 0 radical (unpaired) electrons. The second-order valence-corrected chi connectivity index (χ2v) is 13.8. The topological polar surface area (TPSA) is 155 Å². The monoisotopic (exact) mass is 564 g/mol. The van der Waals surface area contributed by atoms with Crippen molar-refractivity contribution in [1.29, 1.82) is 0 Å². The van der Waals surface area contributed by atoms with E-state index in [-0.39, 0.29) is 20.6 Å². The molecule has 0 aliphatic rings. The number of carboxylic acids is 2. The quantitative estimate of drug-likeness (QED) is 0.219. The van der Waals surface area contributed by atoms with E-state index >= 15 is 0 Å². The summed E-state index contributed by atoms with van der Waals surface area (Å²) < 4.78 is 26.0. The molecule has 2 N–H and O–H groups in total. The largest absolute Gasteiger partial charge is 0.590 e. The number of aryl methyl sites for hydroxylation is 2. The number of aliphatic carboxylic acids is 2. The minimum atomic E-state index is -1.60. The molecule has 0 fully saturated rings. The fourth-order valence-electron chi connectivity index (χ4n) is 3.86. The van der Waals surface area contributed by atoms with Crippen LogP contribution in [0.5, 0.6) is 0 Å². The number of carboxylic acid groups (broad SMARTS) is 2. The molecule has 10 heteroatoms. The van der Waals surface area contributed by atoms with E-state index in [2.05, 4.69) is 0 Å². The Balaban J connectivity index is 2.14. The summed E-state index contributed by atoms with van der Waals surface area (Å²) in [6.07, 6.45) is 6.96. The number of unbranched alkanes of at least 4 members (excludes halogenated alkanes) is 2. The predicted octanol–water partition coefficient (Wildman–Crippen LogP) is 5.68. The van der Waals surface area contributed by atoms with Crippen LogP contribution in [0.3, 0.4) is 0 Å². The van der Waals surface area contributed by atoms with Crippen molar-refractivity contribution < 1.29 is 28.9 Å². The van der Waals surface area contributed by atoms with Gasteiger partial charge in [-0.3, -0.25) is 19.2 Å². The Morgan fingerprint density at radius 2 is 1.05 bits per heavy atom. The lowest BCUT2D eigenvalue weighted by Gasteiger charge is -2.18. The zero-order valence-electron chi connectivity index (χ0n) is 22.3. The highest BCUT2D eigenvalue weighted by molar-refractivity contribution is 7.26. The third kappa shape index (κ3) is 8.97. The lowest BCUT2D eigenvalue weighted by Crippen LogP contribution is -2.23. The van der Waals surface area contributed by atoms with Crippen LogP contribution < -0.4 is 10.9 Å². The normalized spacial score (nSPS) is 13.2. The molecule has 2 rings (SSSR count). The van der Waals surface area contributed by atoms with Crippen LogP contribution in [0.4, 0.5) is 0 Å².